The molecule has 3 aromatic rings. The molecule has 1 aromatic heterocycles. The van der Waals surface area contributed by atoms with Crippen LogP contribution in [0.5, 0.6) is 11.5 Å². The summed E-state index contributed by atoms with van der Waals surface area (Å²) >= 11 is 0. The van der Waals surface area contributed by atoms with Crippen molar-refractivity contribution >= 4 is 18.0 Å². The highest BCUT2D eigenvalue weighted by Crippen LogP contribution is 2.41. The van der Waals surface area contributed by atoms with E-state index >= 15 is 0 Å². The van der Waals surface area contributed by atoms with Crippen LogP contribution in [0.4, 0.5) is 4.39 Å². The molecule has 1 fully saturated rings. The molecule has 0 bridgehead atoms. The summed E-state index contributed by atoms with van der Waals surface area (Å²) in [5.74, 6) is -0.743. The number of carboxylic acids is 1. The molecule has 4 rings (SSSR count). The number of methoxy groups -OCH3 is 2. The molecule has 1 aliphatic carbocycles. The number of nitrogens with zero attached hydrogens (tertiary/aromatic N) is 2. The van der Waals surface area contributed by atoms with E-state index in [1.54, 1.807) is 44.6 Å². The van der Waals surface area contributed by atoms with Crippen LogP contribution in [-0.2, 0) is 4.79 Å². The van der Waals surface area contributed by atoms with E-state index in [9.17, 15) is 19.1 Å². The lowest BCUT2D eigenvalue weighted by Crippen LogP contribution is -2.35. The van der Waals surface area contributed by atoms with Crippen molar-refractivity contribution in [3.8, 4) is 22.8 Å². The first kappa shape index (κ1) is 25.9. The van der Waals surface area contributed by atoms with E-state index in [0.29, 0.717) is 28.3 Å². The third-order valence-electron chi connectivity index (χ3n) is 6.42. The third-order valence-corrected chi connectivity index (χ3v) is 6.42. The zero-order valence-corrected chi connectivity index (χ0v) is 20.8. The van der Waals surface area contributed by atoms with Crippen molar-refractivity contribution in [2.24, 2.45) is 0 Å². The van der Waals surface area contributed by atoms with Gasteiger partial charge in [-0.15, -0.1) is 0 Å². The highest BCUT2D eigenvalue weighted by Gasteiger charge is 2.27. The number of amides is 1. The van der Waals surface area contributed by atoms with Gasteiger partial charge in [-0.05, 0) is 48.7 Å². The zero-order valence-electron chi connectivity index (χ0n) is 20.8. The van der Waals surface area contributed by atoms with Crippen molar-refractivity contribution in [2.45, 2.75) is 44.2 Å². The van der Waals surface area contributed by atoms with Crippen LogP contribution in [0.15, 0.2) is 54.6 Å². The molecule has 2 N–H and O–H groups in total. The second-order valence-corrected chi connectivity index (χ2v) is 8.92. The Balaban J connectivity index is 1.66. The summed E-state index contributed by atoms with van der Waals surface area (Å²) in [6.07, 6.45) is 6.93. The summed E-state index contributed by atoms with van der Waals surface area (Å²) in [6.45, 7) is 0. The molecule has 0 aliphatic heterocycles. The maximum atomic E-state index is 13.3. The van der Waals surface area contributed by atoms with E-state index in [2.05, 4.69) is 10.4 Å². The van der Waals surface area contributed by atoms with Crippen molar-refractivity contribution < 1.29 is 28.6 Å². The minimum atomic E-state index is -1.06. The van der Waals surface area contributed by atoms with Gasteiger partial charge in [0, 0.05) is 0 Å². The number of rotatable bonds is 10. The Labute approximate surface area is 214 Å². The minimum Gasteiger partial charge on any atom is -0.496 e. The molecule has 2 aromatic carbocycles. The van der Waals surface area contributed by atoms with E-state index in [4.69, 9.17) is 9.47 Å². The molecular weight excluding hydrogens is 477 g/mol. The molecule has 37 heavy (non-hydrogen) atoms. The summed E-state index contributed by atoms with van der Waals surface area (Å²) in [5.41, 5.74) is 2.25. The second kappa shape index (κ2) is 11.7. The normalized spacial score (nSPS) is 14.6. The molecule has 0 spiro atoms. The average Bonchev–Trinajstić information content (AvgIpc) is 3.57. The van der Waals surface area contributed by atoms with Crippen LogP contribution in [-0.4, -0.2) is 47.0 Å². The van der Waals surface area contributed by atoms with Gasteiger partial charge in [0.1, 0.15) is 17.3 Å². The fraction of sp³-hybridized carbons (Fsp3) is 0.321. The zero-order chi connectivity index (χ0) is 26.4. The van der Waals surface area contributed by atoms with Crippen LogP contribution >= 0.6 is 0 Å². The molecule has 1 aliphatic rings. The number of aliphatic carboxylic acids is 1. The first-order valence-corrected chi connectivity index (χ1v) is 12.2. The van der Waals surface area contributed by atoms with E-state index in [0.717, 1.165) is 25.7 Å². The van der Waals surface area contributed by atoms with Crippen LogP contribution in [0.2, 0.25) is 0 Å². The number of carboxylic acid groups (broad SMARTS) is 1. The number of hydrogen-bond acceptors (Lipinski definition) is 5. The van der Waals surface area contributed by atoms with E-state index < -0.39 is 17.9 Å². The Morgan fingerprint density at radius 1 is 1.14 bits per heavy atom. The molecule has 1 amide bonds. The quantitative estimate of drug-likeness (QED) is 0.396. The summed E-state index contributed by atoms with van der Waals surface area (Å²) < 4.78 is 26.3. The third kappa shape index (κ3) is 6.17. The van der Waals surface area contributed by atoms with Gasteiger partial charge in [0.05, 0.1) is 44.0 Å². The predicted molar refractivity (Wildman–Crippen MR) is 137 cm³/mol. The van der Waals surface area contributed by atoms with Gasteiger partial charge >= 0.3 is 5.97 Å². The molecule has 0 saturated heterocycles. The predicted octanol–water partition coefficient (Wildman–Crippen LogP) is 5.11. The lowest BCUT2D eigenvalue weighted by molar-refractivity contribution is -0.137. The van der Waals surface area contributed by atoms with Crippen molar-refractivity contribution in [3.63, 3.8) is 0 Å². The van der Waals surface area contributed by atoms with Crippen molar-refractivity contribution in [3.05, 3.63) is 71.7 Å². The Hall–Kier alpha value is -4.14. The van der Waals surface area contributed by atoms with Crippen LogP contribution in [0.25, 0.3) is 17.3 Å². The molecule has 1 atom stereocenters. The van der Waals surface area contributed by atoms with Gasteiger partial charge in [-0.2, -0.15) is 5.10 Å². The molecule has 9 heteroatoms. The second-order valence-electron chi connectivity index (χ2n) is 8.92. The number of benzene rings is 2. The first-order valence-electron chi connectivity index (χ1n) is 12.2. The number of hydrogen-bond donors (Lipinski definition) is 2. The molecule has 0 unspecified atom stereocenters. The minimum absolute atomic E-state index is 0.124. The fourth-order valence-electron chi connectivity index (χ4n) is 4.62. The first-order chi connectivity index (χ1) is 17.9. The lowest BCUT2D eigenvalue weighted by atomic mass is 10.1. The van der Waals surface area contributed by atoms with Crippen molar-refractivity contribution in [2.75, 3.05) is 14.2 Å². The fourth-order valence-corrected chi connectivity index (χ4v) is 4.62. The van der Waals surface area contributed by atoms with E-state index in [1.165, 1.54) is 12.1 Å². The number of carbonyl (C=O) groups is 2. The number of nitrogens with one attached hydrogen (secondary N) is 1. The SMILES string of the molecule is COc1cccc(OC)c1-c1cc(C(=O)N[C@@H](C=Cc2ccc(F)cc2)CC(=O)O)nn1C1CCCC1. The summed E-state index contributed by atoms with van der Waals surface area (Å²) in [5, 5.41) is 16.8. The largest absolute Gasteiger partial charge is 0.496 e. The number of carbonyl (C=O) groups excluding carboxylic acids is 1. The Morgan fingerprint density at radius 2 is 1.78 bits per heavy atom. The van der Waals surface area contributed by atoms with Crippen molar-refractivity contribution in [1.29, 1.82) is 0 Å². The summed E-state index contributed by atoms with van der Waals surface area (Å²) in [7, 11) is 3.15. The topological polar surface area (TPSA) is 103 Å². The maximum Gasteiger partial charge on any atom is 0.305 e. The Bertz CT molecular complexity index is 1260. The van der Waals surface area contributed by atoms with Gasteiger partial charge < -0.3 is 19.9 Å². The average molecular weight is 508 g/mol. The standard InChI is InChI=1S/C28H30FN3O5/c1-36-24-8-5-9-25(37-2)27(24)23-17-22(31-32(23)21-6-3-4-7-21)28(35)30-20(16-26(33)34)15-12-18-10-13-19(29)14-11-18/h5,8-15,17,20-21H,3-4,6-7,16H2,1-2H3,(H,30,35)(H,33,34)/t20-/m0/s1. The number of halogens is 1. The summed E-state index contributed by atoms with van der Waals surface area (Å²) in [6, 6.07) is 12.3. The molecular formula is C28H30FN3O5. The molecule has 194 valence electrons. The Kier molecular flexibility index (Phi) is 8.22. The lowest BCUT2D eigenvalue weighted by Gasteiger charge is -2.18. The van der Waals surface area contributed by atoms with Crippen LogP contribution in [0.3, 0.4) is 0 Å². The van der Waals surface area contributed by atoms with Gasteiger partial charge in [-0.1, -0.05) is 43.2 Å². The molecule has 0 radical (unpaired) electrons. The summed E-state index contributed by atoms with van der Waals surface area (Å²) in [4.78, 5) is 24.7. The number of ether oxygens (including phenoxy) is 2. The van der Waals surface area contributed by atoms with Gasteiger partial charge in [-0.25, -0.2) is 4.39 Å². The molecule has 1 saturated carbocycles. The smallest absolute Gasteiger partial charge is 0.305 e. The van der Waals surface area contributed by atoms with E-state index in [1.807, 2.05) is 22.9 Å². The highest BCUT2D eigenvalue weighted by molar-refractivity contribution is 5.94. The van der Waals surface area contributed by atoms with Crippen LogP contribution in [0.1, 0.15) is 54.2 Å². The van der Waals surface area contributed by atoms with Gasteiger partial charge in [-0.3, -0.25) is 14.3 Å². The van der Waals surface area contributed by atoms with Crippen molar-refractivity contribution in [1.82, 2.24) is 15.1 Å². The van der Waals surface area contributed by atoms with Gasteiger partial charge in [0.15, 0.2) is 5.69 Å². The molecule has 1 heterocycles. The van der Waals surface area contributed by atoms with Gasteiger partial charge in [0.25, 0.3) is 5.91 Å². The van der Waals surface area contributed by atoms with Crippen LogP contribution < -0.4 is 14.8 Å². The highest BCUT2D eigenvalue weighted by atomic mass is 19.1. The van der Waals surface area contributed by atoms with Gasteiger partial charge in [0.2, 0.25) is 0 Å². The monoisotopic (exact) mass is 507 g/mol. The Morgan fingerprint density at radius 3 is 2.38 bits per heavy atom. The number of aromatic nitrogens is 2. The molecule has 8 nitrogen and oxygen atoms in total. The van der Waals surface area contributed by atoms with E-state index in [-0.39, 0.29) is 24.0 Å². The van der Waals surface area contributed by atoms with Crippen LogP contribution in [0, 0.1) is 5.82 Å². The maximum absolute atomic E-state index is 13.3.